The lowest BCUT2D eigenvalue weighted by Gasteiger charge is -2.38. The van der Waals surface area contributed by atoms with Crippen LogP contribution in [0, 0.1) is 11.8 Å². The van der Waals surface area contributed by atoms with E-state index >= 15 is 0 Å². The predicted molar refractivity (Wildman–Crippen MR) is 160 cm³/mol. The Bertz CT molecular complexity index is 1500. The third kappa shape index (κ3) is 7.29. The van der Waals surface area contributed by atoms with Gasteiger partial charge in [0.15, 0.2) is 10.8 Å². The second-order valence-corrected chi connectivity index (χ2v) is 11.6. The Morgan fingerprint density at radius 2 is 1.85 bits per heavy atom. The molecule has 0 spiro atoms. The summed E-state index contributed by atoms with van der Waals surface area (Å²) in [4.78, 5) is 15.1. The first-order valence-corrected chi connectivity index (χ1v) is 14.2. The molecule has 0 bridgehead atoms. The maximum atomic E-state index is 13.0. The minimum absolute atomic E-state index is 0.123. The molecule has 12 heteroatoms. The van der Waals surface area contributed by atoms with Crippen LogP contribution in [0.2, 0.25) is 5.02 Å². The maximum absolute atomic E-state index is 13.0. The van der Waals surface area contributed by atoms with Crippen LogP contribution in [0.3, 0.4) is 0 Å². The highest BCUT2D eigenvalue weighted by molar-refractivity contribution is 7.80. The molecule has 10 nitrogen and oxygen atoms in total. The van der Waals surface area contributed by atoms with Gasteiger partial charge in [-0.15, -0.1) is 10.2 Å². The highest BCUT2D eigenvalue weighted by Gasteiger charge is 2.30. The number of ether oxygens (including phenoxy) is 1. The van der Waals surface area contributed by atoms with Gasteiger partial charge in [-0.25, -0.2) is 5.21 Å². The Kier molecular flexibility index (Phi) is 8.70. The molecule has 41 heavy (non-hydrogen) atoms. The van der Waals surface area contributed by atoms with Gasteiger partial charge in [0.1, 0.15) is 25.2 Å². The van der Waals surface area contributed by atoms with Gasteiger partial charge in [0.05, 0.1) is 37.7 Å². The number of aromatic nitrogens is 2. The van der Waals surface area contributed by atoms with E-state index in [2.05, 4.69) is 42.9 Å². The van der Waals surface area contributed by atoms with E-state index in [1.165, 1.54) is 0 Å². The molecule has 4 N–H and O–H groups in total. The molecular formula is C29H33ClN7O3S+. The third-order valence-electron chi connectivity index (χ3n) is 7.28. The second-order valence-electron chi connectivity index (χ2n) is 10.8. The molecule has 3 heterocycles. The third-order valence-corrected chi connectivity index (χ3v) is 7.82. The molecule has 2 saturated heterocycles. The summed E-state index contributed by atoms with van der Waals surface area (Å²) in [6.07, 6.45) is 0. The lowest BCUT2D eigenvalue weighted by molar-refractivity contribution is -1.12. The van der Waals surface area contributed by atoms with E-state index in [9.17, 15) is 10.0 Å². The zero-order valence-electron chi connectivity index (χ0n) is 23.0. The Hall–Kier alpha value is -3.37. The molecule has 3 aromatic rings. The molecular weight excluding hydrogens is 562 g/mol. The van der Waals surface area contributed by atoms with Crippen molar-refractivity contribution in [3.8, 4) is 11.8 Å². The molecule has 214 valence electrons. The molecule has 0 radical (unpaired) electrons. The van der Waals surface area contributed by atoms with Crippen LogP contribution < -0.4 is 16.0 Å². The molecule has 0 unspecified atom stereocenters. The summed E-state index contributed by atoms with van der Waals surface area (Å²) in [5, 5.41) is 31.0. The van der Waals surface area contributed by atoms with Crippen molar-refractivity contribution in [2.75, 3.05) is 39.6 Å². The first-order valence-electron chi connectivity index (χ1n) is 13.4. The number of morpholine rings is 1. The van der Waals surface area contributed by atoms with Gasteiger partial charge in [-0.2, -0.15) is 4.65 Å². The van der Waals surface area contributed by atoms with E-state index in [4.69, 9.17) is 28.6 Å². The molecule has 2 aromatic carbocycles. The van der Waals surface area contributed by atoms with Crippen LogP contribution in [-0.2, 0) is 17.8 Å². The number of benzene rings is 2. The smallest absolute Gasteiger partial charge is 0.272 e. The van der Waals surface area contributed by atoms with Crippen molar-refractivity contribution in [3.05, 3.63) is 69.9 Å². The van der Waals surface area contributed by atoms with Crippen LogP contribution >= 0.6 is 23.8 Å². The molecule has 2 aliphatic rings. The number of fused-ring (bicyclic) bond motifs is 1. The highest BCUT2D eigenvalue weighted by atomic mass is 35.5. The number of quaternary nitrogens is 1. The first-order chi connectivity index (χ1) is 19.6. The standard InChI is InChI=1S/C29H32ClN7O3S/c1-29(2,36-18-32-28(41)33-19-36)8-7-22-13-21(17-37(39)9-11-40-12-10-37)14-23-15-25(34-35-26(22)23)27(38)31-16-20-3-5-24(30)6-4-20/h3-6,13-15,39H,9-12,16-19H2,1-2H3,(H2-,31,32,33,38,41)/p+1. The summed E-state index contributed by atoms with van der Waals surface area (Å²) in [6, 6.07) is 12.9. The number of nitrogens with zero attached hydrogens (tertiary/aromatic N) is 4. The van der Waals surface area contributed by atoms with Gasteiger partial charge in [-0.1, -0.05) is 35.6 Å². The fourth-order valence-corrected chi connectivity index (χ4v) is 4.98. The monoisotopic (exact) mass is 594 g/mol. The average molecular weight is 595 g/mol. The van der Waals surface area contributed by atoms with Crippen molar-refractivity contribution in [2.45, 2.75) is 32.5 Å². The average Bonchev–Trinajstić information content (AvgIpc) is 2.95. The molecule has 5 rings (SSSR count). The van der Waals surface area contributed by atoms with Gasteiger partial charge in [-0.3, -0.25) is 9.69 Å². The fraction of sp³-hybridized carbons (Fsp3) is 0.379. The van der Waals surface area contributed by atoms with Crippen LogP contribution in [0.5, 0.6) is 0 Å². The van der Waals surface area contributed by atoms with Crippen molar-refractivity contribution in [3.63, 3.8) is 0 Å². The number of amides is 1. The molecule has 1 amide bonds. The van der Waals surface area contributed by atoms with Crippen LogP contribution in [0.4, 0.5) is 0 Å². The summed E-state index contributed by atoms with van der Waals surface area (Å²) in [5.41, 5.74) is 2.79. The minimum atomic E-state index is -0.484. The van der Waals surface area contributed by atoms with Gasteiger partial charge in [0, 0.05) is 22.5 Å². The number of rotatable bonds is 6. The molecule has 2 aliphatic heterocycles. The van der Waals surface area contributed by atoms with Gasteiger partial charge in [0.2, 0.25) is 0 Å². The van der Waals surface area contributed by atoms with E-state index in [1.807, 2.05) is 38.1 Å². The summed E-state index contributed by atoms with van der Waals surface area (Å²) in [7, 11) is 0. The Morgan fingerprint density at radius 1 is 1.15 bits per heavy atom. The SMILES string of the molecule is CC(C)(C#Cc1cc(C[N+]2(O)CCOCC2)cc2cc(C(=O)NCc3ccc(Cl)cc3)nnc12)N1CNC(=S)NC1. The van der Waals surface area contributed by atoms with E-state index in [-0.39, 0.29) is 16.2 Å². The molecule has 0 atom stereocenters. The maximum Gasteiger partial charge on any atom is 0.272 e. The first kappa shape index (κ1) is 29.1. The van der Waals surface area contributed by atoms with Gasteiger partial charge in [-0.05, 0) is 62.0 Å². The fourth-order valence-electron chi connectivity index (χ4n) is 4.72. The number of carbonyl (C=O) groups is 1. The summed E-state index contributed by atoms with van der Waals surface area (Å²) in [5.74, 6) is 6.36. The number of nitrogens with one attached hydrogen (secondary N) is 3. The van der Waals surface area contributed by atoms with Crippen LogP contribution in [0.15, 0.2) is 42.5 Å². The van der Waals surface area contributed by atoms with Crippen molar-refractivity contribution in [1.29, 1.82) is 0 Å². The van der Waals surface area contributed by atoms with Crippen LogP contribution in [0.1, 0.15) is 41.0 Å². The number of halogens is 1. The van der Waals surface area contributed by atoms with E-state index in [1.54, 1.807) is 18.2 Å². The zero-order chi connectivity index (χ0) is 29.0. The molecule has 2 fully saturated rings. The van der Waals surface area contributed by atoms with Crippen molar-refractivity contribution in [2.24, 2.45) is 0 Å². The molecule has 0 saturated carbocycles. The minimum Gasteiger partial charge on any atom is -0.370 e. The van der Waals surface area contributed by atoms with Crippen molar-refractivity contribution in [1.82, 2.24) is 31.0 Å². The number of hydroxylamine groups is 3. The lowest BCUT2D eigenvalue weighted by Crippen LogP contribution is -2.59. The summed E-state index contributed by atoms with van der Waals surface area (Å²) < 4.78 is 5.33. The summed E-state index contributed by atoms with van der Waals surface area (Å²) in [6.45, 7) is 7.94. The topological polar surface area (TPSA) is 112 Å². The highest BCUT2D eigenvalue weighted by Crippen LogP contribution is 2.24. The Morgan fingerprint density at radius 3 is 2.56 bits per heavy atom. The number of carbonyl (C=O) groups excluding carboxylic acids is 1. The van der Waals surface area contributed by atoms with E-state index in [0.717, 1.165) is 16.5 Å². The summed E-state index contributed by atoms with van der Waals surface area (Å²) >= 11 is 11.1. The number of thiocarbonyl (C=S) groups is 1. The number of hydrogen-bond acceptors (Lipinski definition) is 7. The lowest BCUT2D eigenvalue weighted by atomic mass is 10.0. The molecule has 1 aromatic heterocycles. The quantitative estimate of drug-likeness (QED) is 0.194. The van der Waals surface area contributed by atoms with Gasteiger partial charge >= 0.3 is 0 Å². The van der Waals surface area contributed by atoms with Crippen molar-refractivity contribution < 1.29 is 19.4 Å². The van der Waals surface area contributed by atoms with Crippen LogP contribution in [-0.4, -0.2) is 81.2 Å². The second kappa shape index (κ2) is 12.2. The normalized spacial score (nSPS) is 17.2. The van der Waals surface area contributed by atoms with Gasteiger partial charge < -0.3 is 20.7 Å². The largest absolute Gasteiger partial charge is 0.370 e. The Labute approximate surface area is 249 Å². The van der Waals surface area contributed by atoms with Crippen LogP contribution in [0.25, 0.3) is 10.9 Å². The van der Waals surface area contributed by atoms with Gasteiger partial charge in [0.25, 0.3) is 5.91 Å². The molecule has 0 aliphatic carbocycles. The number of hydrogen-bond donors (Lipinski definition) is 4. The Balaban J connectivity index is 1.45. The predicted octanol–water partition coefficient (Wildman–Crippen LogP) is 2.77. The van der Waals surface area contributed by atoms with E-state index < -0.39 is 5.54 Å². The zero-order valence-corrected chi connectivity index (χ0v) is 24.6. The van der Waals surface area contributed by atoms with Crippen molar-refractivity contribution >= 4 is 45.7 Å². The van der Waals surface area contributed by atoms with E-state index in [0.29, 0.717) is 73.9 Å².